The van der Waals surface area contributed by atoms with E-state index in [0.717, 1.165) is 24.2 Å². The highest BCUT2D eigenvalue weighted by molar-refractivity contribution is 6.39. The standard InChI is InChI=1S/C28H18Cl3N3O5/c29-20-5-2-6-21(30)23(20)24-19(25(39-34-24)14-7-8-14)13-37-17-9-10-18(22(31)12-17)27-33-32-26(38-27)15-3-1-4-16(11-15)28(35)36/h1-6,9-12,14H,7-8,13H2,(H,35,36). The second-order valence-electron chi connectivity index (χ2n) is 8.97. The summed E-state index contributed by atoms with van der Waals surface area (Å²) in [5.41, 5.74) is 3.05. The lowest BCUT2D eigenvalue weighted by Gasteiger charge is -2.10. The summed E-state index contributed by atoms with van der Waals surface area (Å²) >= 11 is 19.4. The van der Waals surface area contributed by atoms with E-state index in [-0.39, 0.29) is 24.0 Å². The third-order valence-corrected chi connectivity index (χ3v) is 7.24. The Hall–Kier alpha value is -3.85. The van der Waals surface area contributed by atoms with Gasteiger partial charge in [-0.05, 0) is 61.4 Å². The molecule has 0 bridgehead atoms. The minimum Gasteiger partial charge on any atom is -0.489 e. The van der Waals surface area contributed by atoms with E-state index in [1.165, 1.54) is 12.1 Å². The van der Waals surface area contributed by atoms with Gasteiger partial charge in [0, 0.05) is 17.0 Å². The maximum absolute atomic E-state index is 11.3. The van der Waals surface area contributed by atoms with Crippen LogP contribution in [0.2, 0.25) is 15.1 Å². The molecule has 39 heavy (non-hydrogen) atoms. The molecule has 196 valence electrons. The maximum atomic E-state index is 11.3. The first-order valence-electron chi connectivity index (χ1n) is 11.9. The van der Waals surface area contributed by atoms with E-state index in [2.05, 4.69) is 15.4 Å². The number of halogens is 3. The Kier molecular flexibility index (Phi) is 6.76. The summed E-state index contributed by atoms with van der Waals surface area (Å²) < 4.78 is 17.6. The number of aromatic nitrogens is 3. The van der Waals surface area contributed by atoms with Crippen molar-refractivity contribution in [3.8, 4) is 39.9 Å². The van der Waals surface area contributed by atoms with Crippen LogP contribution in [0, 0.1) is 0 Å². The lowest BCUT2D eigenvalue weighted by atomic mass is 10.0. The highest BCUT2D eigenvalue weighted by Gasteiger charge is 2.33. The van der Waals surface area contributed by atoms with Crippen molar-refractivity contribution in [3.63, 3.8) is 0 Å². The SMILES string of the molecule is O=C(O)c1cccc(-c2nnc(-c3ccc(OCc4c(-c5c(Cl)cccc5Cl)noc4C4CC4)cc3Cl)o2)c1. The van der Waals surface area contributed by atoms with Gasteiger partial charge in [-0.25, -0.2) is 4.79 Å². The minimum atomic E-state index is -1.05. The largest absolute Gasteiger partial charge is 0.489 e. The Bertz CT molecular complexity index is 1690. The Morgan fingerprint density at radius 3 is 2.41 bits per heavy atom. The van der Waals surface area contributed by atoms with Crippen LogP contribution in [0.1, 0.15) is 40.4 Å². The molecule has 0 saturated heterocycles. The molecule has 0 atom stereocenters. The molecule has 1 aliphatic rings. The minimum absolute atomic E-state index is 0.115. The van der Waals surface area contributed by atoms with Gasteiger partial charge >= 0.3 is 5.97 Å². The van der Waals surface area contributed by atoms with Gasteiger partial charge in [0.15, 0.2) is 0 Å². The van der Waals surface area contributed by atoms with Gasteiger partial charge in [-0.2, -0.15) is 0 Å². The molecule has 1 N–H and O–H groups in total. The monoisotopic (exact) mass is 581 g/mol. The van der Waals surface area contributed by atoms with Crippen molar-refractivity contribution in [2.45, 2.75) is 25.4 Å². The van der Waals surface area contributed by atoms with E-state index in [1.807, 2.05) is 0 Å². The number of hydrogen-bond donors (Lipinski definition) is 1. The van der Waals surface area contributed by atoms with Crippen LogP contribution in [0.4, 0.5) is 0 Å². The number of carboxylic acid groups (broad SMARTS) is 1. The van der Waals surface area contributed by atoms with E-state index >= 15 is 0 Å². The topological polar surface area (TPSA) is 111 Å². The second kappa shape index (κ2) is 10.4. The van der Waals surface area contributed by atoms with Crippen LogP contribution in [0.5, 0.6) is 5.75 Å². The molecule has 0 spiro atoms. The molecule has 0 aliphatic heterocycles. The number of nitrogens with zero attached hydrogens (tertiary/aromatic N) is 3. The van der Waals surface area contributed by atoms with Crippen molar-refractivity contribution in [1.29, 1.82) is 0 Å². The number of benzene rings is 3. The molecule has 11 heteroatoms. The van der Waals surface area contributed by atoms with Gasteiger partial charge in [0.05, 0.1) is 31.8 Å². The molecule has 5 aromatic rings. The van der Waals surface area contributed by atoms with Gasteiger partial charge in [0.25, 0.3) is 0 Å². The summed E-state index contributed by atoms with van der Waals surface area (Å²) in [4.78, 5) is 11.3. The van der Waals surface area contributed by atoms with Crippen molar-refractivity contribution in [2.75, 3.05) is 0 Å². The molecule has 6 rings (SSSR count). The number of carboxylic acids is 1. The zero-order valence-electron chi connectivity index (χ0n) is 20.0. The van der Waals surface area contributed by atoms with Crippen molar-refractivity contribution in [2.24, 2.45) is 0 Å². The molecular formula is C28H18Cl3N3O5. The van der Waals surface area contributed by atoms with Gasteiger partial charge in [-0.1, -0.05) is 52.1 Å². The Morgan fingerprint density at radius 2 is 1.69 bits per heavy atom. The molecule has 1 aliphatic carbocycles. The fourth-order valence-electron chi connectivity index (χ4n) is 4.20. The normalized spacial score (nSPS) is 13.0. The number of ether oxygens (including phenoxy) is 1. The number of rotatable bonds is 8. The lowest BCUT2D eigenvalue weighted by molar-refractivity contribution is 0.0697. The van der Waals surface area contributed by atoms with Gasteiger partial charge in [0.1, 0.15) is 23.8 Å². The van der Waals surface area contributed by atoms with E-state index in [4.69, 9.17) is 48.5 Å². The maximum Gasteiger partial charge on any atom is 0.335 e. The summed E-state index contributed by atoms with van der Waals surface area (Å²) in [5, 5.41) is 22.9. The number of carbonyl (C=O) groups is 1. The van der Waals surface area contributed by atoms with E-state index < -0.39 is 5.97 Å². The first-order chi connectivity index (χ1) is 18.9. The van der Waals surface area contributed by atoms with Gasteiger partial charge in [-0.15, -0.1) is 10.2 Å². The highest BCUT2D eigenvalue weighted by Crippen LogP contribution is 2.46. The molecule has 0 radical (unpaired) electrons. The summed E-state index contributed by atoms with van der Waals surface area (Å²) in [5.74, 6) is 0.891. The summed E-state index contributed by atoms with van der Waals surface area (Å²) in [6, 6.07) is 16.6. The first-order valence-corrected chi connectivity index (χ1v) is 13.0. The van der Waals surface area contributed by atoms with E-state index in [9.17, 15) is 9.90 Å². The van der Waals surface area contributed by atoms with Crippen LogP contribution >= 0.6 is 34.8 Å². The van der Waals surface area contributed by atoms with Crippen molar-refractivity contribution in [3.05, 3.63) is 92.6 Å². The predicted octanol–water partition coefficient (Wildman–Crippen LogP) is 8.17. The van der Waals surface area contributed by atoms with Crippen LogP contribution < -0.4 is 4.74 Å². The van der Waals surface area contributed by atoms with Crippen LogP contribution in [0.3, 0.4) is 0 Å². The molecule has 1 fully saturated rings. The Labute approximate surface area is 237 Å². The van der Waals surface area contributed by atoms with Crippen molar-refractivity contribution in [1.82, 2.24) is 15.4 Å². The summed E-state index contributed by atoms with van der Waals surface area (Å²) in [7, 11) is 0. The van der Waals surface area contributed by atoms with Crippen molar-refractivity contribution >= 4 is 40.8 Å². The molecule has 0 unspecified atom stereocenters. The summed E-state index contributed by atoms with van der Waals surface area (Å²) in [6.07, 6.45) is 2.04. The molecule has 2 heterocycles. The Balaban J connectivity index is 1.24. The number of hydrogen-bond acceptors (Lipinski definition) is 7. The third kappa shape index (κ3) is 5.11. The quantitative estimate of drug-likeness (QED) is 0.195. The van der Waals surface area contributed by atoms with Gasteiger partial charge < -0.3 is 18.8 Å². The predicted molar refractivity (Wildman–Crippen MR) is 145 cm³/mol. The third-order valence-electron chi connectivity index (χ3n) is 6.30. The molecule has 0 amide bonds. The Morgan fingerprint density at radius 1 is 0.949 bits per heavy atom. The molecule has 1 saturated carbocycles. The zero-order chi connectivity index (χ0) is 27.1. The fraction of sp³-hybridized carbons (Fsp3) is 0.143. The molecular weight excluding hydrogens is 565 g/mol. The van der Waals surface area contributed by atoms with Crippen LogP contribution in [-0.4, -0.2) is 26.4 Å². The average molecular weight is 583 g/mol. The highest BCUT2D eigenvalue weighted by atomic mass is 35.5. The first kappa shape index (κ1) is 25.4. The summed E-state index contributed by atoms with van der Waals surface area (Å²) in [6.45, 7) is 0.173. The van der Waals surface area contributed by atoms with Crippen molar-refractivity contribution < 1.29 is 23.6 Å². The number of aromatic carboxylic acids is 1. The smallest absolute Gasteiger partial charge is 0.335 e. The molecule has 8 nitrogen and oxygen atoms in total. The van der Waals surface area contributed by atoms with Crippen LogP contribution in [0.15, 0.2) is 69.6 Å². The van der Waals surface area contributed by atoms with Crippen LogP contribution in [0.25, 0.3) is 34.2 Å². The lowest BCUT2D eigenvalue weighted by Crippen LogP contribution is -2.00. The molecule has 2 aromatic heterocycles. The fourth-order valence-corrected chi connectivity index (χ4v) is 5.02. The van der Waals surface area contributed by atoms with E-state index in [0.29, 0.717) is 49.1 Å². The van der Waals surface area contributed by atoms with Crippen LogP contribution in [-0.2, 0) is 6.61 Å². The van der Waals surface area contributed by atoms with Gasteiger partial charge in [0.2, 0.25) is 11.8 Å². The zero-order valence-corrected chi connectivity index (χ0v) is 22.3. The van der Waals surface area contributed by atoms with E-state index in [1.54, 1.807) is 48.5 Å². The van der Waals surface area contributed by atoms with Gasteiger partial charge in [-0.3, -0.25) is 0 Å². The average Bonchev–Trinajstić information content (AvgIpc) is 3.50. The second-order valence-corrected chi connectivity index (χ2v) is 10.2. The molecule has 3 aromatic carbocycles.